The molecule has 0 aromatic heterocycles. The fourth-order valence-electron chi connectivity index (χ4n) is 2.79. The van der Waals surface area contributed by atoms with Crippen molar-refractivity contribution in [1.82, 2.24) is 0 Å². The summed E-state index contributed by atoms with van der Waals surface area (Å²) in [5.74, 6) is -2.33. The Bertz CT molecular complexity index is 428. The quantitative estimate of drug-likeness (QED) is 0.489. The Hall–Kier alpha value is -0.700. The second-order valence-electron chi connectivity index (χ2n) is 5.34. The first-order valence-corrected chi connectivity index (χ1v) is 7.30. The molecule has 1 aliphatic carbocycles. The summed E-state index contributed by atoms with van der Waals surface area (Å²) < 4.78 is 39.5. The van der Waals surface area contributed by atoms with Crippen LogP contribution in [-0.2, 0) is 0 Å². The van der Waals surface area contributed by atoms with E-state index in [0.29, 0.717) is 18.4 Å². The summed E-state index contributed by atoms with van der Waals surface area (Å²) in [4.78, 5) is 0. The molecule has 1 atom stereocenters. The Balaban J connectivity index is 1.95. The molecule has 2 rings (SSSR count). The lowest BCUT2D eigenvalue weighted by Gasteiger charge is -2.22. The highest BCUT2D eigenvalue weighted by molar-refractivity contribution is 6.20. The van der Waals surface area contributed by atoms with Crippen molar-refractivity contribution in [3.8, 4) is 0 Å². The fraction of sp³-hybridized carbons (Fsp3) is 0.600. The molecule has 0 saturated heterocycles. The minimum Gasteiger partial charge on any atom is -0.207 e. The van der Waals surface area contributed by atoms with Gasteiger partial charge in [-0.15, -0.1) is 11.6 Å². The van der Waals surface area contributed by atoms with Crippen LogP contribution in [0.15, 0.2) is 12.1 Å². The molecule has 0 heterocycles. The molecule has 1 unspecified atom stereocenters. The van der Waals surface area contributed by atoms with Gasteiger partial charge in [0.2, 0.25) is 0 Å². The molecule has 1 aromatic carbocycles. The van der Waals surface area contributed by atoms with Gasteiger partial charge in [-0.25, -0.2) is 13.2 Å². The van der Waals surface area contributed by atoms with E-state index in [4.69, 9.17) is 11.6 Å². The standard InChI is InChI=1S/C15H18ClF3/c16-12(7-6-10-4-2-1-3-5-10)11-8-14(18)15(19)9-13(11)17/h8-10,12H,1-7H2. The van der Waals surface area contributed by atoms with Crippen molar-refractivity contribution in [3.63, 3.8) is 0 Å². The molecule has 0 bridgehead atoms. The zero-order valence-corrected chi connectivity index (χ0v) is 11.5. The number of benzene rings is 1. The Morgan fingerprint density at radius 3 is 2.32 bits per heavy atom. The van der Waals surface area contributed by atoms with E-state index in [2.05, 4.69) is 0 Å². The first-order valence-electron chi connectivity index (χ1n) is 6.86. The molecule has 1 aromatic rings. The van der Waals surface area contributed by atoms with E-state index in [1.165, 1.54) is 32.1 Å². The zero-order valence-electron chi connectivity index (χ0n) is 10.8. The lowest BCUT2D eigenvalue weighted by molar-refractivity contribution is 0.330. The lowest BCUT2D eigenvalue weighted by Crippen LogP contribution is -2.08. The van der Waals surface area contributed by atoms with E-state index in [1.54, 1.807) is 0 Å². The molecule has 0 amide bonds. The molecule has 0 radical (unpaired) electrons. The molecule has 106 valence electrons. The molecular weight excluding hydrogens is 273 g/mol. The number of hydrogen-bond donors (Lipinski definition) is 0. The Kier molecular flexibility index (Phi) is 5.14. The molecule has 0 spiro atoms. The Morgan fingerprint density at radius 2 is 1.63 bits per heavy atom. The van der Waals surface area contributed by atoms with E-state index in [-0.39, 0.29) is 5.56 Å². The number of halogens is 4. The fourth-order valence-corrected chi connectivity index (χ4v) is 3.08. The SMILES string of the molecule is Fc1cc(F)c(C(Cl)CCC2CCCCC2)cc1F. The van der Waals surface area contributed by atoms with Gasteiger partial charge in [0.05, 0.1) is 5.38 Å². The summed E-state index contributed by atoms with van der Waals surface area (Å²) in [7, 11) is 0. The maximum atomic E-state index is 13.6. The average molecular weight is 291 g/mol. The van der Waals surface area contributed by atoms with E-state index < -0.39 is 22.8 Å². The molecule has 19 heavy (non-hydrogen) atoms. The average Bonchev–Trinajstić information content (AvgIpc) is 2.41. The summed E-state index contributed by atoms with van der Waals surface area (Å²) >= 11 is 6.13. The lowest BCUT2D eigenvalue weighted by atomic mass is 9.85. The van der Waals surface area contributed by atoms with Crippen LogP contribution in [0.4, 0.5) is 13.2 Å². The van der Waals surface area contributed by atoms with Crippen molar-refractivity contribution in [3.05, 3.63) is 35.1 Å². The summed E-state index contributed by atoms with van der Waals surface area (Å²) in [6, 6.07) is 1.45. The van der Waals surface area contributed by atoms with Crippen LogP contribution in [0.25, 0.3) is 0 Å². The third-order valence-electron chi connectivity index (χ3n) is 3.93. The normalized spacial score (nSPS) is 18.5. The minimum atomic E-state index is -1.17. The predicted octanol–water partition coefficient (Wildman–Crippen LogP) is 5.74. The van der Waals surface area contributed by atoms with Gasteiger partial charge in [0, 0.05) is 11.6 Å². The summed E-state index contributed by atoms with van der Waals surface area (Å²) in [6.07, 6.45) is 7.71. The van der Waals surface area contributed by atoms with Crippen molar-refractivity contribution in [2.24, 2.45) is 5.92 Å². The molecule has 1 fully saturated rings. The van der Waals surface area contributed by atoms with Crippen LogP contribution in [0, 0.1) is 23.4 Å². The highest BCUT2D eigenvalue weighted by Crippen LogP contribution is 2.34. The van der Waals surface area contributed by atoms with Gasteiger partial charge in [0.1, 0.15) is 5.82 Å². The third-order valence-corrected chi connectivity index (χ3v) is 4.38. The van der Waals surface area contributed by atoms with E-state index in [9.17, 15) is 13.2 Å². The molecule has 0 N–H and O–H groups in total. The summed E-state index contributed by atoms with van der Waals surface area (Å²) in [5.41, 5.74) is 0.0661. The van der Waals surface area contributed by atoms with Crippen molar-refractivity contribution >= 4 is 11.6 Å². The number of rotatable bonds is 4. The first-order chi connectivity index (χ1) is 9.08. The zero-order chi connectivity index (χ0) is 13.8. The summed E-state index contributed by atoms with van der Waals surface area (Å²) in [5, 5.41) is -0.586. The molecular formula is C15H18ClF3. The molecule has 1 aliphatic rings. The van der Waals surface area contributed by atoms with Crippen molar-refractivity contribution in [1.29, 1.82) is 0 Å². The monoisotopic (exact) mass is 290 g/mol. The molecule has 0 aliphatic heterocycles. The van der Waals surface area contributed by atoms with Gasteiger partial charge in [-0.3, -0.25) is 0 Å². The van der Waals surface area contributed by atoms with Gasteiger partial charge in [-0.1, -0.05) is 32.1 Å². The van der Waals surface area contributed by atoms with Gasteiger partial charge < -0.3 is 0 Å². The van der Waals surface area contributed by atoms with Crippen LogP contribution in [0.2, 0.25) is 0 Å². The highest BCUT2D eigenvalue weighted by atomic mass is 35.5. The molecule has 4 heteroatoms. The van der Waals surface area contributed by atoms with Gasteiger partial charge in [0.25, 0.3) is 0 Å². The van der Waals surface area contributed by atoms with Gasteiger partial charge in [0.15, 0.2) is 11.6 Å². The smallest absolute Gasteiger partial charge is 0.161 e. The maximum Gasteiger partial charge on any atom is 0.161 e. The number of alkyl halides is 1. The maximum absolute atomic E-state index is 13.6. The minimum absolute atomic E-state index is 0.0661. The van der Waals surface area contributed by atoms with E-state index >= 15 is 0 Å². The van der Waals surface area contributed by atoms with Gasteiger partial charge in [-0.05, 0) is 24.8 Å². The largest absolute Gasteiger partial charge is 0.207 e. The van der Waals surface area contributed by atoms with Gasteiger partial charge >= 0.3 is 0 Å². The second kappa shape index (κ2) is 6.65. The van der Waals surface area contributed by atoms with E-state index in [0.717, 1.165) is 12.5 Å². The third kappa shape index (κ3) is 3.88. The Morgan fingerprint density at radius 1 is 1.00 bits per heavy atom. The van der Waals surface area contributed by atoms with Crippen molar-refractivity contribution < 1.29 is 13.2 Å². The van der Waals surface area contributed by atoms with Crippen molar-refractivity contribution in [2.45, 2.75) is 50.3 Å². The van der Waals surface area contributed by atoms with Crippen LogP contribution < -0.4 is 0 Å². The topological polar surface area (TPSA) is 0 Å². The van der Waals surface area contributed by atoms with Crippen molar-refractivity contribution in [2.75, 3.05) is 0 Å². The first kappa shape index (κ1) is 14.7. The summed E-state index contributed by atoms with van der Waals surface area (Å²) in [6.45, 7) is 0. The second-order valence-corrected chi connectivity index (χ2v) is 5.86. The predicted molar refractivity (Wildman–Crippen MR) is 70.7 cm³/mol. The molecule has 1 saturated carbocycles. The Labute approximate surface area is 117 Å². The van der Waals surface area contributed by atoms with Crippen LogP contribution in [-0.4, -0.2) is 0 Å². The highest BCUT2D eigenvalue weighted by Gasteiger charge is 2.20. The number of hydrogen-bond acceptors (Lipinski definition) is 0. The molecule has 0 nitrogen and oxygen atoms in total. The van der Waals surface area contributed by atoms with Crippen LogP contribution in [0.1, 0.15) is 55.9 Å². The van der Waals surface area contributed by atoms with Crippen LogP contribution in [0.3, 0.4) is 0 Å². The van der Waals surface area contributed by atoms with Crippen LogP contribution >= 0.6 is 11.6 Å². The van der Waals surface area contributed by atoms with Crippen LogP contribution in [0.5, 0.6) is 0 Å². The van der Waals surface area contributed by atoms with E-state index in [1.807, 2.05) is 0 Å². The van der Waals surface area contributed by atoms with Gasteiger partial charge in [-0.2, -0.15) is 0 Å².